The molecule has 2 aromatic heterocycles. The third-order valence-corrected chi connectivity index (χ3v) is 5.98. The fourth-order valence-electron chi connectivity index (χ4n) is 4.23. The molecule has 0 aliphatic heterocycles. The van der Waals surface area contributed by atoms with Crippen LogP contribution in [0.3, 0.4) is 0 Å². The number of benzene rings is 3. The molecule has 1 N–H and O–H groups in total. The predicted molar refractivity (Wildman–Crippen MR) is 137 cm³/mol. The zero-order chi connectivity index (χ0) is 24.0. The standard InChI is InChI=1S/C30H23N3O2/c31-20-21-11-13-22(14-12-21)23-15-17-24(18-16-23)35-29(34)10-5-7-26-25-6-1-2-8-27(25)33-30(26)28-9-3-4-19-32-28/h1-4,6,8-9,11-19,33H,5,7,10H2. The number of aromatic amines is 1. The lowest BCUT2D eigenvalue weighted by Gasteiger charge is -2.07. The second-order valence-corrected chi connectivity index (χ2v) is 8.28. The van der Waals surface area contributed by atoms with Gasteiger partial charge in [0, 0.05) is 23.5 Å². The Morgan fingerprint density at radius 3 is 2.31 bits per heavy atom. The van der Waals surface area contributed by atoms with E-state index in [0.29, 0.717) is 24.2 Å². The molecule has 0 bridgehead atoms. The van der Waals surface area contributed by atoms with E-state index in [9.17, 15) is 4.79 Å². The Bertz CT molecular complexity index is 1500. The molecule has 5 nitrogen and oxygen atoms in total. The molecule has 0 fully saturated rings. The molecule has 0 aliphatic carbocycles. The minimum Gasteiger partial charge on any atom is -0.427 e. The van der Waals surface area contributed by atoms with Crippen LogP contribution in [0.1, 0.15) is 24.0 Å². The lowest BCUT2D eigenvalue weighted by Crippen LogP contribution is -2.08. The minimum atomic E-state index is -0.254. The van der Waals surface area contributed by atoms with Gasteiger partial charge in [-0.05, 0) is 72.0 Å². The van der Waals surface area contributed by atoms with Crippen LogP contribution in [0, 0.1) is 11.3 Å². The van der Waals surface area contributed by atoms with E-state index in [2.05, 4.69) is 28.2 Å². The molecule has 2 heterocycles. The Hall–Kier alpha value is -4.69. The lowest BCUT2D eigenvalue weighted by molar-refractivity contribution is -0.134. The maximum atomic E-state index is 12.5. The van der Waals surface area contributed by atoms with E-state index in [0.717, 1.165) is 39.8 Å². The molecule has 5 heteroatoms. The van der Waals surface area contributed by atoms with E-state index in [-0.39, 0.29) is 5.97 Å². The number of hydrogen-bond acceptors (Lipinski definition) is 4. The van der Waals surface area contributed by atoms with Crippen molar-refractivity contribution in [3.05, 3.63) is 108 Å². The molecule has 0 spiro atoms. The van der Waals surface area contributed by atoms with Gasteiger partial charge in [-0.1, -0.05) is 48.5 Å². The first-order valence-corrected chi connectivity index (χ1v) is 11.5. The molecule has 0 saturated heterocycles. The molecule has 35 heavy (non-hydrogen) atoms. The smallest absolute Gasteiger partial charge is 0.311 e. The normalized spacial score (nSPS) is 10.7. The number of hydrogen-bond donors (Lipinski definition) is 1. The Labute approximate surface area is 203 Å². The summed E-state index contributed by atoms with van der Waals surface area (Å²) in [5, 5.41) is 10.1. The fourth-order valence-corrected chi connectivity index (χ4v) is 4.23. The van der Waals surface area contributed by atoms with Gasteiger partial charge in [-0.2, -0.15) is 5.26 Å². The topological polar surface area (TPSA) is 78.8 Å². The quantitative estimate of drug-likeness (QED) is 0.218. The van der Waals surface area contributed by atoms with E-state index in [1.165, 1.54) is 5.56 Å². The molecular weight excluding hydrogens is 434 g/mol. The van der Waals surface area contributed by atoms with Crippen LogP contribution in [-0.4, -0.2) is 15.9 Å². The summed E-state index contributed by atoms with van der Waals surface area (Å²) < 4.78 is 5.56. The summed E-state index contributed by atoms with van der Waals surface area (Å²) in [6, 6.07) is 31.0. The molecule has 0 saturated carbocycles. The van der Waals surface area contributed by atoms with Crippen molar-refractivity contribution < 1.29 is 9.53 Å². The number of nitriles is 1. The summed E-state index contributed by atoms with van der Waals surface area (Å²) in [4.78, 5) is 20.5. The average Bonchev–Trinajstić information content (AvgIpc) is 3.28. The van der Waals surface area contributed by atoms with Crippen molar-refractivity contribution in [2.45, 2.75) is 19.3 Å². The van der Waals surface area contributed by atoms with Crippen molar-refractivity contribution >= 4 is 16.9 Å². The van der Waals surface area contributed by atoms with Crippen LogP contribution < -0.4 is 4.74 Å². The first-order valence-electron chi connectivity index (χ1n) is 11.5. The van der Waals surface area contributed by atoms with Crippen molar-refractivity contribution in [2.24, 2.45) is 0 Å². The van der Waals surface area contributed by atoms with E-state index in [4.69, 9.17) is 10.00 Å². The van der Waals surface area contributed by atoms with Crippen molar-refractivity contribution in [1.82, 2.24) is 9.97 Å². The van der Waals surface area contributed by atoms with Gasteiger partial charge in [-0.25, -0.2) is 0 Å². The largest absolute Gasteiger partial charge is 0.427 e. The monoisotopic (exact) mass is 457 g/mol. The van der Waals surface area contributed by atoms with Gasteiger partial charge in [0.15, 0.2) is 0 Å². The number of para-hydroxylation sites is 1. The van der Waals surface area contributed by atoms with Crippen LogP contribution in [0.5, 0.6) is 5.75 Å². The van der Waals surface area contributed by atoms with Crippen LogP contribution in [0.25, 0.3) is 33.4 Å². The number of nitrogens with one attached hydrogen (secondary N) is 1. The fraction of sp³-hybridized carbons (Fsp3) is 0.100. The van der Waals surface area contributed by atoms with E-state index in [1.807, 2.05) is 54.6 Å². The third-order valence-electron chi connectivity index (χ3n) is 5.98. The number of ether oxygens (including phenoxy) is 1. The van der Waals surface area contributed by atoms with Gasteiger partial charge in [-0.3, -0.25) is 9.78 Å². The molecule has 0 atom stereocenters. The number of carbonyl (C=O) groups excluding carboxylic acids is 1. The van der Waals surface area contributed by atoms with Gasteiger partial charge in [0.05, 0.1) is 23.0 Å². The number of esters is 1. The Morgan fingerprint density at radius 1 is 0.886 bits per heavy atom. The second-order valence-electron chi connectivity index (χ2n) is 8.28. The number of nitrogens with zero attached hydrogens (tertiary/aromatic N) is 2. The van der Waals surface area contributed by atoms with Gasteiger partial charge in [0.1, 0.15) is 5.75 Å². The molecule has 0 amide bonds. The summed E-state index contributed by atoms with van der Waals surface area (Å²) in [6.45, 7) is 0. The molecule has 3 aromatic carbocycles. The average molecular weight is 458 g/mol. The number of rotatable bonds is 7. The summed E-state index contributed by atoms with van der Waals surface area (Å²) >= 11 is 0. The van der Waals surface area contributed by atoms with E-state index in [1.54, 1.807) is 30.5 Å². The number of fused-ring (bicyclic) bond motifs is 1. The number of pyridine rings is 1. The first kappa shape index (κ1) is 22.1. The van der Waals surface area contributed by atoms with Crippen molar-refractivity contribution in [3.8, 4) is 34.3 Å². The highest BCUT2D eigenvalue weighted by molar-refractivity contribution is 5.90. The van der Waals surface area contributed by atoms with Gasteiger partial charge < -0.3 is 9.72 Å². The van der Waals surface area contributed by atoms with Crippen LogP contribution in [0.2, 0.25) is 0 Å². The van der Waals surface area contributed by atoms with Crippen molar-refractivity contribution in [3.63, 3.8) is 0 Å². The molecule has 170 valence electrons. The summed E-state index contributed by atoms with van der Waals surface area (Å²) in [5.74, 6) is 0.268. The number of H-pyrrole nitrogens is 1. The predicted octanol–water partition coefficient (Wildman–Crippen LogP) is 6.70. The van der Waals surface area contributed by atoms with Crippen LogP contribution >= 0.6 is 0 Å². The van der Waals surface area contributed by atoms with E-state index >= 15 is 0 Å². The Kier molecular flexibility index (Phi) is 6.36. The molecule has 5 rings (SSSR count). The maximum absolute atomic E-state index is 12.5. The van der Waals surface area contributed by atoms with Crippen molar-refractivity contribution in [2.75, 3.05) is 0 Å². The summed E-state index contributed by atoms with van der Waals surface area (Å²) in [6.07, 6.45) is 3.51. The number of aryl methyl sites for hydroxylation is 1. The Morgan fingerprint density at radius 2 is 1.60 bits per heavy atom. The van der Waals surface area contributed by atoms with Gasteiger partial charge in [-0.15, -0.1) is 0 Å². The van der Waals surface area contributed by atoms with Crippen molar-refractivity contribution in [1.29, 1.82) is 5.26 Å². The zero-order valence-electron chi connectivity index (χ0n) is 19.1. The second kappa shape index (κ2) is 10.1. The highest BCUT2D eigenvalue weighted by Crippen LogP contribution is 2.30. The first-order chi connectivity index (χ1) is 17.2. The molecule has 0 aliphatic rings. The van der Waals surface area contributed by atoms with Crippen LogP contribution in [-0.2, 0) is 11.2 Å². The van der Waals surface area contributed by atoms with Gasteiger partial charge in [0.25, 0.3) is 0 Å². The summed E-state index contributed by atoms with van der Waals surface area (Å²) in [7, 11) is 0. The van der Waals surface area contributed by atoms with E-state index < -0.39 is 0 Å². The number of aromatic nitrogens is 2. The third kappa shape index (κ3) is 4.97. The SMILES string of the molecule is N#Cc1ccc(-c2ccc(OC(=O)CCCc3c(-c4ccccn4)[nH]c4ccccc34)cc2)cc1. The molecule has 0 radical (unpaired) electrons. The zero-order valence-corrected chi connectivity index (χ0v) is 19.1. The van der Waals surface area contributed by atoms with Gasteiger partial charge >= 0.3 is 5.97 Å². The summed E-state index contributed by atoms with van der Waals surface area (Å²) in [5.41, 5.74) is 6.74. The number of carbonyl (C=O) groups is 1. The molecule has 0 unspecified atom stereocenters. The molecular formula is C30H23N3O2. The lowest BCUT2D eigenvalue weighted by atomic mass is 10.0. The highest BCUT2D eigenvalue weighted by Gasteiger charge is 2.15. The minimum absolute atomic E-state index is 0.254. The van der Waals surface area contributed by atoms with Crippen LogP contribution in [0.15, 0.2) is 97.2 Å². The van der Waals surface area contributed by atoms with Crippen LogP contribution in [0.4, 0.5) is 0 Å². The maximum Gasteiger partial charge on any atom is 0.311 e. The Balaban J connectivity index is 1.23. The molecule has 5 aromatic rings. The highest BCUT2D eigenvalue weighted by atomic mass is 16.5. The van der Waals surface area contributed by atoms with Gasteiger partial charge in [0.2, 0.25) is 0 Å².